The van der Waals surface area contributed by atoms with Crippen LogP contribution < -0.4 is 4.90 Å². The molecular formula is C30H54Cl2N2SiTi. The van der Waals surface area contributed by atoms with Crippen LogP contribution in [0.4, 0.5) is 5.69 Å². The van der Waals surface area contributed by atoms with E-state index >= 15 is 0 Å². The van der Waals surface area contributed by atoms with E-state index in [1.54, 1.807) is 0 Å². The predicted molar refractivity (Wildman–Crippen MR) is 167 cm³/mol. The second-order valence-electron chi connectivity index (χ2n) is 9.40. The summed E-state index contributed by atoms with van der Waals surface area (Å²) in [6.45, 7) is 10.7. The Kier molecular flexibility index (Phi) is 33.5. The smallest absolute Gasteiger partial charge is 0.675 e. The van der Waals surface area contributed by atoms with Crippen molar-refractivity contribution in [2.24, 2.45) is 5.92 Å². The molecule has 6 heteroatoms. The number of halogens is 2. The zero-order valence-corrected chi connectivity index (χ0v) is 28.8. The minimum absolute atomic E-state index is 0. The summed E-state index contributed by atoms with van der Waals surface area (Å²) in [5, 5.41) is 0. The third-order valence-corrected chi connectivity index (χ3v) is 6.52. The van der Waals surface area contributed by atoms with Crippen molar-refractivity contribution in [3.8, 4) is 0 Å². The van der Waals surface area contributed by atoms with Crippen molar-refractivity contribution in [2.45, 2.75) is 111 Å². The molecule has 36 heavy (non-hydrogen) atoms. The van der Waals surface area contributed by atoms with E-state index in [4.69, 9.17) is 5.73 Å². The summed E-state index contributed by atoms with van der Waals surface area (Å²) in [6, 6.07) is 11.3. The Labute approximate surface area is 255 Å². The van der Waals surface area contributed by atoms with Gasteiger partial charge in [-0.3, -0.25) is 6.08 Å². The Bertz CT molecular complexity index is 654. The van der Waals surface area contributed by atoms with E-state index in [1.165, 1.54) is 74.5 Å². The number of nitrogens with zero attached hydrogens (tertiary/aromatic N) is 1. The van der Waals surface area contributed by atoms with Crippen molar-refractivity contribution in [2.75, 3.05) is 19.0 Å². The summed E-state index contributed by atoms with van der Waals surface area (Å²) in [5.41, 5.74) is 13.2. The summed E-state index contributed by atoms with van der Waals surface area (Å²) in [5.74, 6) is 0.560. The van der Waals surface area contributed by atoms with Crippen LogP contribution in [-0.2, 0) is 21.7 Å². The quantitative estimate of drug-likeness (QED) is 0.237. The van der Waals surface area contributed by atoms with Gasteiger partial charge in [0.05, 0.1) is 0 Å². The molecule has 1 N–H and O–H groups in total. The average molecular weight is 590 g/mol. The molecule has 0 amide bonds. The van der Waals surface area contributed by atoms with Gasteiger partial charge in [-0.25, -0.2) is 5.57 Å². The predicted octanol–water partition coefficient (Wildman–Crippen LogP) is 9.50. The molecule has 0 heterocycles. The van der Waals surface area contributed by atoms with Crippen LogP contribution in [0.1, 0.15) is 98.3 Å². The number of rotatable bonds is 1. The van der Waals surface area contributed by atoms with Crippen LogP contribution in [0.3, 0.4) is 0 Å². The van der Waals surface area contributed by atoms with Crippen LogP contribution in [-0.4, -0.2) is 30.4 Å². The van der Waals surface area contributed by atoms with Crippen molar-refractivity contribution in [1.82, 2.24) is 0 Å². The fraction of sp³-hybridized carbons (Fsp3) is 0.667. The Morgan fingerprint density at radius 1 is 0.833 bits per heavy atom. The van der Waals surface area contributed by atoms with Gasteiger partial charge in [-0.05, 0) is 0 Å². The van der Waals surface area contributed by atoms with Crippen molar-refractivity contribution < 1.29 is 21.7 Å². The Morgan fingerprint density at radius 2 is 1.28 bits per heavy atom. The topological polar surface area (TPSA) is 27.0 Å². The summed E-state index contributed by atoms with van der Waals surface area (Å²) in [6.07, 6.45) is 18.1. The maximum atomic E-state index is 7.80. The van der Waals surface area contributed by atoms with Crippen molar-refractivity contribution >= 4 is 40.7 Å². The van der Waals surface area contributed by atoms with Crippen LogP contribution in [0.15, 0.2) is 41.0 Å². The average Bonchev–Trinajstić information content (AvgIpc) is 3.04. The van der Waals surface area contributed by atoms with Crippen LogP contribution in [0.2, 0.25) is 6.55 Å². The first-order valence-corrected chi connectivity index (χ1v) is 14.6. The Morgan fingerprint density at radius 3 is 1.53 bits per heavy atom. The number of anilines is 1. The molecule has 0 bridgehead atoms. The maximum absolute atomic E-state index is 7.80. The number of hydrogen-bond donors (Lipinski definition) is 0. The summed E-state index contributed by atoms with van der Waals surface area (Å²) in [7, 11) is 5.87. The van der Waals surface area contributed by atoms with Crippen LogP contribution in [0.25, 0.3) is 5.73 Å². The molecule has 1 aromatic rings. The minimum Gasteiger partial charge on any atom is -0.675 e. The Balaban J connectivity index is -0.000000202. The molecule has 3 rings (SSSR count). The van der Waals surface area contributed by atoms with Gasteiger partial charge in [-0.1, -0.05) is 110 Å². The molecule has 1 atom stereocenters. The van der Waals surface area contributed by atoms with Crippen LogP contribution in [0, 0.1) is 18.1 Å². The first-order valence-electron chi connectivity index (χ1n) is 13.2. The zero-order chi connectivity index (χ0) is 25.1. The van der Waals surface area contributed by atoms with Gasteiger partial charge < -0.3 is 10.6 Å². The second kappa shape index (κ2) is 28.0. The van der Waals surface area contributed by atoms with E-state index in [1.807, 2.05) is 60.1 Å². The fourth-order valence-electron chi connectivity index (χ4n) is 3.99. The van der Waals surface area contributed by atoms with Gasteiger partial charge in [-0.15, -0.1) is 43.8 Å². The fourth-order valence-corrected chi connectivity index (χ4v) is 3.99. The molecule has 2 aliphatic rings. The van der Waals surface area contributed by atoms with Crippen molar-refractivity contribution in [1.29, 1.82) is 0 Å². The number of allylic oxidation sites excluding steroid dienone is 4. The first-order chi connectivity index (χ1) is 15.8. The molecule has 1 unspecified atom stereocenters. The normalized spacial score (nSPS) is 18.1. The second-order valence-corrected chi connectivity index (χ2v) is 9.40. The largest absolute Gasteiger partial charge is 3.00 e. The Hall–Kier alpha value is -0.0288. The van der Waals surface area contributed by atoms with Gasteiger partial charge in [-0.2, -0.15) is 35.4 Å². The number of hydrogen-bond acceptors (Lipinski definition) is 1. The molecule has 1 saturated carbocycles. The summed E-state index contributed by atoms with van der Waals surface area (Å²) >= 11 is 0. The van der Waals surface area contributed by atoms with Crippen molar-refractivity contribution in [3.63, 3.8) is 0 Å². The van der Waals surface area contributed by atoms with E-state index < -0.39 is 0 Å². The maximum Gasteiger partial charge on any atom is 3.00 e. The molecule has 1 fully saturated rings. The van der Waals surface area contributed by atoms with Crippen LogP contribution >= 0.6 is 24.8 Å². The van der Waals surface area contributed by atoms with E-state index in [0.29, 0.717) is 5.92 Å². The molecule has 0 spiro atoms. The van der Waals surface area contributed by atoms with E-state index in [9.17, 15) is 0 Å². The van der Waals surface area contributed by atoms with Gasteiger partial charge in [0.15, 0.2) is 0 Å². The van der Waals surface area contributed by atoms with Crippen molar-refractivity contribution in [3.05, 3.63) is 58.9 Å². The standard InChI is InChI=1S/C12H24N.C9H13.C8H10N.CH5Si.2ClH.Ti/c13-12-10-8-6-4-2-1-3-5-7-9-11-12;1-6-5-7(2)9(4)8(6)3;1-9(2)8-6-4-3-5-7-8;1-2;;;/h12-13H,1-11H2;6H,1-4H3;3-6H,1-2H3;2H2,1H3;2*1H;/q3*-1;;;;+3. The zero-order valence-electron chi connectivity index (χ0n) is 24.2. The number of para-hydroxylation sites is 1. The number of nitrogens with one attached hydrogen (secondary N) is 1. The van der Waals surface area contributed by atoms with Gasteiger partial charge in [0.1, 0.15) is 0 Å². The van der Waals surface area contributed by atoms with Crippen LogP contribution in [0.5, 0.6) is 0 Å². The third-order valence-electron chi connectivity index (χ3n) is 6.52. The van der Waals surface area contributed by atoms with Gasteiger partial charge in [0, 0.05) is 24.3 Å². The van der Waals surface area contributed by atoms with Gasteiger partial charge in [0.2, 0.25) is 0 Å². The molecular weight excluding hydrogens is 535 g/mol. The summed E-state index contributed by atoms with van der Waals surface area (Å²) < 4.78 is 0. The molecule has 0 aliphatic heterocycles. The SMILES string of the molecule is CC1=[C-]C(C)C(C)=C1C.CN(C)c1[c-]cccc1.C[SiH2].Cl.Cl.[NH-]C1CCCCCCCCCCC1.[Ti+3]. The molecule has 2 radical (unpaired) electrons. The summed E-state index contributed by atoms with van der Waals surface area (Å²) in [4.78, 5) is 2.03. The van der Waals surface area contributed by atoms with Gasteiger partial charge >= 0.3 is 21.7 Å². The van der Waals surface area contributed by atoms with E-state index in [2.05, 4.69) is 39.8 Å². The molecule has 206 valence electrons. The molecule has 2 nitrogen and oxygen atoms in total. The van der Waals surface area contributed by atoms with Gasteiger partial charge in [0.25, 0.3) is 0 Å². The minimum atomic E-state index is 0. The number of benzene rings is 1. The van der Waals surface area contributed by atoms with E-state index in [0.717, 1.165) is 18.5 Å². The molecule has 0 aromatic heterocycles. The molecule has 2 aliphatic carbocycles. The monoisotopic (exact) mass is 588 g/mol. The third kappa shape index (κ3) is 21.0. The molecule has 0 saturated heterocycles. The van der Waals surface area contributed by atoms with E-state index in [-0.39, 0.29) is 52.6 Å². The first kappa shape index (κ1) is 43.0. The molecule has 1 aromatic carbocycles.